The Morgan fingerprint density at radius 2 is 1.52 bits per heavy atom. The number of nitrogens with one attached hydrogen (secondary N) is 1. The summed E-state index contributed by atoms with van der Waals surface area (Å²) < 4.78 is 4.86. The van der Waals surface area contributed by atoms with Crippen molar-refractivity contribution in [1.29, 1.82) is 0 Å². The van der Waals surface area contributed by atoms with E-state index in [1.165, 1.54) is 0 Å². The second kappa shape index (κ2) is 8.00. The second-order valence-electron chi connectivity index (χ2n) is 4.27. The van der Waals surface area contributed by atoms with Gasteiger partial charge < -0.3 is 15.6 Å². The van der Waals surface area contributed by atoms with Crippen molar-refractivity contribution in [3.63, 3.8) is 0 Å². The molecule has 0 aliphatic rings. The number of hydrogen-bond donors (Lipinski definition) is 1. The summed E-state index contributed by atoms with van der Waals surface area (Å²) in [5.74, 6) is -0.746. The van der Waals surface area contributed by atoms with Crippen LogP contribution in [0.1, 0.15) is 0 Å². The van der Waals surface area contributed by atoms with Gasteiger partial charge in [0, 0.05) is 0 Å². The molecule has 0 radical (unpaired) electrons. The Morgan fingerprint density at radius 3 is 1.84 bits per heavy atom. The maximum atomic E-state index is 11.1. The lowest BCUT2D eigenvalue weighted by atomic mass is 10.2. The van der Waals surface area contributed by atoms with E-state index in [0.717, 1.165) is 0 Å². The fourth-order valence-electron chi connectivity index (χ4n) is 1.51. The average Bonchev–Trinajstić information content (AvgIpc) is 2.55. The first kappa shape index (κ1) is 19.0. The number of nitro benzene ring substituents is 3. The number of nitrogen functional groups attached to an aromatic ring is 1. The van der Waals surface area contributed by atoms with Crippen molar-refractivity contribution in [3.05, 3.63) is 60.8 Å². The molecule has 1 aromatic carbocycles. The fourth-order valence-corrected chi connectivity index (χ4v) is 1.51. The number of H-pyrrole nitrogens is 1. The summed E-state index contributed by atoms with van der Waals surface area (Å²) in [5.41, 5.74) is 2.83. The molecule has 1 aromatic heterocycles. The highest BCUT2D eigenvalue weighted by molar-refractivity contribution is 5.63. The molecule has 0 spiro atoms. The van der Waals surface area contributed by atoms with Gasteiger partial charge in [-0.1, -0.05) is 0 Å². The number of rotatable bonds is 4. The number of ether oxygens (including phenoxy) is 1. The molecule has 0 saturated heterocycles. The molecule has 0 bridgehead atoms. The van der Waals surface area contributed by atoms with Crippen molar-refractivity contribution < 1.29 is 29.6 Å². The van der Waals surface area contributed by atoms with Crippen LogP contribution in [0.15, 0.2) is 30.5 Å². The molecule has 0 aliphatic carbocycles. The Bertz CT molecular complexity index is 773. The molecule has 1 heterocycles. The number of aromatic nitrogens is 1. The molecule has 2 rings (SSSR count). The quantitative estimate of drug-likeness (QED) is 0.602. The van der Waals surface area contributed by atoms with Gasteiger partial charge in [-0.2, -0.15) is 4.98 Å². The molecule has 0 fully saturated rings. The smallest absolute Gasteiger partial charge is 0.365 e. The molecule has 25 heavy (non-hydrogen) atoms. The number of non-ortho nitro benzene ring substituents is 1. The van der Waals surface area contributed by atoms with Crippen LogP contribution >= 0.6 is 0 Å². The summed E-state index contributed by atoms with van der Waals surface area (Å²) in [5, 5.41) is 42.1. The third-order valence-electron chi connectivity index (χ3n) is 2.67. The summed E-state index contributed by atoms with van der Waals surface area (Å²) in [7, 11) is 1.60. The lowest BCUT2D eigenvalue weighted by Gasteiger charge is -2.06. The van der Waals surface area contributed by atoms with Crippen molar-refractivity contribution in [3.8, 4) is 11.6 Å². The predicted molar refractivity (Wildman–Crippen MR) is 79.8 cm³/mol. The highest BCUT2D eigenvalue weighted by Gasteiger charge is 2.24. The molecular weight excluding hydrogens is 342 g/mol. The van der Waals surface area contributed by atoms with Gasteiger partial charge in [0.15, 0.2) is 6.20 Å². The Hall–Kier alpha value is -4.03. The van der Waals surface area contributed by atoms with Crippen LogP contribution in [0, 0.1) is 30.3 Å². The second-order valence-corrected chi connectivity index (χ2v) is 4.27. The maximum Gasteiger partial charge on any atom is 0.365 e. The molecule has 13 nitrogen and oxygen atoms in total. The molecular formula is C12H11N5O8. The van der Waals surface area contributed by atoms with Crippen LogP contribution in [-0.2, 0) is 0 Å². The summed E-state index contributed by atoms with van der Waals surface area (Å²) in [6, 6.07) is 4.31. The number of hydrogen-bond acceptors (Lipinski definition) is 9. The topological polar surface area (TPSA) is 202 Å². The standard InChI is InChI=1S/C6H3N3O7.C6H8N2O/c10-6-4(8(13)14)1-3(7(11)12)2-5(6)9(15)16;1-9-6-3-2-5(7)4-8-6/h1-2,10H;2-4H,7H2,1H3. The van der Waals surface area contributed by atoms with Gasteiger partial charge in [0.2, 0.25) is 0 Å². The van der Waals surface area contributed by atoms with Crippen molar-refractivity contribution in [2.75, 3.05) is 12.8 Å². The number of methoxy groups -OCH3 is 1. The van der Waals surface area contributed by atoms with Crippen LogP contribution in [-0.4, -0.2) is 21.9 Å². The summed E-state index contributed by atoms with van der Waals surface area (Å²) in [4.78, 5) is 30.4. The van der Waals surface area contributed by atoms with E-state index in [-0.39, 0.29) is 0 Å². The molecule has 0 unspecified atom stereocenters. The van der Waals surface area contributed by atoms with Gasteiger partial charge in [0.1, 0.15) is 0 Å². The van der Waals surface area contributed by atoms with Crippen LogP contribution in [0.3, 0.4) is 0 Å². The van der Waals surface area contributed by atoms with E-state index in [4.69, 9.17) is 10.5 Å². The van der Waals surface area contributed by atoms with Crippen LogP contribution < -0.4 is 20.6 Å². The van der Waals surface area contributed by atoms with E-state index >= 15 is 0 Å². The zero-order valence-corrected chi connectivity index (χ0v) is 12.6. The SMILES string of the molecule is COc1ccc(N)c[nH+]1.O=[N+]([O-])c1cc([N+](=O)[O-])c([O-])c([N+](=O)[O-])c1. The number of aromatic amines is 1. The van der Waals surface area contributed by atoms with Gasteiger partial charge >= 0.3 is 5.88 Å². The Balaban J connectivity index is 0.000000293. The van der Waals surface area contributed by atoms with Gasteiger partial charge in [-0.15, -0.1) is 0 Å². The first-order chi connectivity index (χ1) is 11.7. The van der Waals surface area contributed by atoms with Crippen molar-refractivity contribution >= 4 is 22.7 Å². The third kappa shape index (κ3) is 4.98. The predicted octanol–water partition coefficient (Wildman–Crippen LogP) is 0.576. The van der Waals surface area contributed by atoms with Gasteiger partial charge in [0.25, 0.3) is 17.1 Å². The summed E-state index contributed by atoms with van der Waals surface area (Å²) in [6.07, 6.45) is 1.68. The first-order valence-corrected chi connectivity index (χ1v) is 6.26. The van der Waals surface area contributed by atoms with Gasteiger partial charge in [-0.3, -0.25) is 30.3 Å². The van der Waals surface area contributed by atoms with E-state index in [0.29, 0.717) is 23.7 Å². The fraction of sp³-hybridized carbons (Fsp3) is 0.0833. The first-order valence-electron chi connectivity index (χ1n) is 6.26. The average molecular weight is 353 g/mol. The van der Waals surface area contributed by atoms with Gasteiger partial charge in [-0.05, 0) is 6.07 Å². The maximum absolute atomic E-state index is 11.1. The monoisotopic (exact) mass is 353 g/mol. The lowest BCUT2D eigenvalue weighted by molar-refractivity contribution is -0.420. The normalized spacial score (nSPS) is 9.48. The summed E-state index contributed by atoms with van der Waals surface area (Å²) in [6.45, 7) is 0. The van der Waals surface area contributed by atoms with E-state index < -0.39 is 37.6 Å². The van der Waals surface area contributed by atoms with Crippen molar-refractivity contribution in [1.82, 2.24) is 0 Å². The molecule has 0 amide bonds. The molecule has 132 valence electrons. The number of nitrogens with two attached hydrogens (primary N) is 1. The molecule has 0 aliphatic heterocycles. The van der Waals surface area contributed by atoms with Crippen LogP contribution in [0.2, 0.25) is 0 Å². The third-order valence-corrected chi connectivity index (χ3v) is 2.67. The number of anilines is 1. The number of nitrogens with zero attached hydrogens (tertiary/aromatic N) is 3. The molecule has 2 aromatic rings. The van der Waals surface area contributed by atoms with E-state index in [9.17, 15) is 35.4 Å². The van der Waals surface area contributed by atoms with Crippen molar-refractivity contribution in [2.24, 2.45) is 0 Å². The number of pyridine rings is 1. The Morgan fingerprint density at radius 1 is 1.00 bits per heavy atom. The van der Waals surface area contributed by atoms with E-state index in [2.05, 4.69) is 4.98 Å². The minimum atomic E-state index is -1.46. The zero-order chi connectivity index (χ0) is 19.1. The number of benzene rings is 1. The van der Waals surface area contributed by atoms with Gasteiger partial charge in [-0.25, -0.2) is 0 Å². The molecule has 0 saturated carbocycles. The van der Waals surface area contributed by atoms with Crippen LogP contribution in [0.4, 0.5) is 22.7 Å². The Kier molecular flexibility index (Phi) is 6.09. The van der Waals surface area contributed by atoms with E-state index in [1.807, 2.05) is 0 Å². The Labute approximate surface area is 138 Å². The minimum Gasteiger partial charge on any atom is -0.863 e. The van der Waals surface area contributed by atoms with Crippen molar-refractivity contribution in [2.45, 2.75) is 0 Å². The largest absolute Gasteiger partial charge is 0.863 e. The van der Waals surface area contributed by atoms with Gasteiger partial charge in [0.05, 0.1) is 51.5 Å². The summed E-state index contributed by atoms with van der Waals surface area (Å²) >= 11 is 0. The molecule has 13 heteroatoms. The lowest BCUT2D eigenvalue weighted by Crippen LogP contribution is -2.06. The van der Waals surface area contributed by atoms with Crippen LogP contribution in [0.25, 0.3) is 0 Å². The van der Waals surface area contributed by atoms with Crippen LogP contribution in [0.5, 0.6) is 11.6 Å². The highest BCUT2D eigenvalue weighted by Crippen LogP contribution is 2.36. The zero-order valence-electron chi connectivity index (χ0n) is 12.6. The number of nitro groups is 3. The van der Waals surface area contributed by atoms with E-state index in [1.54, 1.807) is 25.4 Å². The molecule has 3 N–H and O–H groups in total. The minimum absolute atomic E-state index is 0.384. The molecule has 0 atom stereocenters. The highest BCUT2D eigenvalue weighted by atomic mass is 16.6.